The summed E-state index contributed by atoms with van der Waals surface area (Å²) in [7, 11) is 1.95. The fourth-order valence-corrected chi connectivity index (χ4v) is 2.41. The molecule has 0 aromatic carbocycles. The topological polar surface area (TPSA) is 40.7 Å². The molecule has 0 saturated carbocycles. The van der Waals surface area contributed by atoms with E-state index >= 15 is 0 Å². The highest BCUT2D eigenvalue weighted by molar-refractivity contribution is 7.13. The Morgan fingerprint density at radius 1 is 1.50 bits per heavy atom. The minimum absolute atomic E-state index is 0.452. The van der Waals surface area contributed by atoms with Gasteiger partial charge in [-0.25, -0.2) is 4.98 Å². The van der Waals surface area contributed by atoms with Gasteiger partial charge >= 0.3 is 0 Å². The van der Waals surface area contributed by atoms with Crippen molar-refractivity contribution in [3.8, 4) is 10.7 Å². The third kappa shape index (κ3) is 2.18. The molecule has 0 unspecified atom stereocenters. The van der Waals surface area contributed by atoms with Gasteiger partial charge in [0.05, 0.1) is 16.3 Å². The summed E-state index contributed by atoms with van der Waals surface area (Å²) in [6.07, 6.45) is 0. The number of rotatable bonds is 4. The average Bonchev–Trinajstić information content (AvgIpc) is 2.83. The van der Waals surface area contributed by atoms with Crippen molar-refractivity contribution in [2.24, 2.45) is 0 Å². The molecule has 16 heavy (non-hydrogen) atoms. The first-order valence-electron chi connectivity index (χ1n) is 5.49. The van der Waals surface area contributed by atoms with Gasteiger partial charge < -0.3 is 10.3 Å². The molecule has 2 aromatic heterocycles. The molecule has 2 rings (SSSR count). The molecule has 0 fully saturated rings. The van der Waals surface area contributed by atoms with E-state index < -0.39 is 0 Å². The summed E-state index contributed by atoms with van der Waals surface area (Å²) in [5.41, 5.74) is 2.36. The zero-order valence-corrected chi connectivity index (χ0v) is 10.7. The van der Waals surface area contributed by atoms with Crippen LogP contribution < -0.4 is 5.32 Å². The van der Waals surface area contributed by atoms with Crippen molar-refractivity contribution >= 4 is 11.3 Å². The second-order valence-electron chi connectivity index (χ2n) is 4.11. The third-order valence-electron chi connectivity index (χ3n) is 2.47. The molecule has 0 radical (unpaired) electrons. The average molecular weight is 235 g/mol. The van der Waals surface area contributed by atoms with Crippen molar-refractivity contribution in [2.75, 3.05) is 7.05 Å². The largest absolute Gasteiger partial charge is 0.340 e. The maximum absolute atomic E-state index is 4.69. The van der Waals surface area contributed by atoms with E-state index in [0.717, 1.165) is 18.1 Å². The van der Waals surface area contributed by atoms with Gasteiger partial charge in [-0.2, -0.15) is 0 Å². The Kier molecular flexibility index (Phi) is 3.41. The molecule has 0 bridgehead atoms. The standard InChI is InChI=1S/C12H17N3S/c1-8(2)11-9(7-13-3)14-12(15-11)10-5-4-6-16-10/h4-6,8,13H,7H2,1-3H3,(H,14,15). The Labute approximate surface area is 99.9 Å². The normalized spacial score (nSPS) is 11.2. The zero-order valence-electron chi connectivity index (χ0n) is 9.87. The Balaban J connectivity index is 2.38. The number of aromatic nitrogens is 2. The van der Waals surface area contributed by atoms with Gasteiger partial charge in [0.1, 0.15) is 5.82 Å². The fourth-order valence-electron chi connectivity index (χ4n) is 1.74. The number of imidazole rings is 1. The lowest BCUT2D eigenvalue weighted by Gasteiger charge is -2.03. The lowest BCUT2D eigenvalue weighted by Crippen LogP contribution is -2.08. The monoisotopic (exact) mass is 235 g/mol. The number of nitrogens with one attached hydrogen (secondary N) is 2. The van der Waals surface area contributed by atoms with Crippen LogP contribution in [-0.2, 0) is 6.54 Å². The highest BCUT2D eigenvalue weighted by Gasteiger charge is 2.13. The van der Waals surface area contributed by atoms with E-state index in [2.05, 4.69) is 46.6 Å². The smallest absolute Gasteiger partial charge is 0.147 e. The van der Waals surface area contributed by atoms with E-state index in [0.29, 0.717) is 5.92 Å². The molecule has 0 amide bonds. The second-order valence-corrected chi connectivity index (χ2v) is 5.06. The van der Waals surface area contributed by atoms with Crippen molar-refractivity contribution in [1.29, 1.82) is 0 Å². The van der Waals surface area contributed by atoms with Crippen molar-refractivity contribution in [2.45, 2.75) is 26.3 Å². The Hall–Kier alpha value is -1.13. The molecule has 2 aromatic rings. The molecule has 0 spiro atoms. The molecule has 3 nitrogen and oxygen atoms in total. The van der Waals surface area contributed by atoms with Crippen molar-refractivity contribution in [1.82, 2.24) is 15.3 Å². The predicted octanol–water partition coefficient (Wildman–Crippen LogP) is 2.98. The molecule has 0 aliphatic carbocycles. The molecule has 0 aliphatic rings. The predicted molar refractivity (Wildman–Crippen MR) is 68.8 cm³/mol. The number of nitrogens with zero attached hydrogens (tertiary/aromatic N) is 1. The van der Waals surface area contributed by atoms with Gasteiger partial charge in [0.15, 0.2) is 0 Å². The summed E-state index contributed by atoms with van der Waals surface area (Å²) in [5, 5.41) is 5.24. The Bertz CT molecular complexity index is 443. The SMILES string of the molecule is CNCc1[nH]c(-c2cccs2)nc1C(C)C. The van der Waals surface area contributed by atoms with Crippen LogP contribution in [0.1, 0.15) is 31.2 Å². The quantitative estimate of drug-likeness (QED) is 0.855. The molecule has 4 heteroatoms. The summed E-state index contributed by atoms with van der Waals surface area (Å²) < 4.78 is 0. The second kappa shape index (κ2) is 4.80. The fraction of sp³-hybridized carbons (Fsp3) is 0.417. The van der Waals surface area contributed by atoms with E-state index in [4.69, 9.17) is 0 Å². The van der Waals surface area contributed by atoms with Crippen LogP contribution in [0.4, 0.5) is 0 Å². The highest BCUT2D eigenvalue weighted by Crippen LogP contribution is 2.26. The molecule has 0 atom stereocenters. The van der Waals surface area contributed by atoms with Gasteiger partial charge in [0.25, 0.3) is 0 Å². The molecular formula is C12H17N3S. The molecule has 2 N–H and O–H groups in total. The minimum Gasteiger partial charge on any atom is -0.340 e. The van der Waals surface area contributed by atoms with E-state index in [1.807, 2.05) is 7.05 Å². The Morgan fingerprint density at radius 3 is 2.88 bits per heavy atom. The van der Waals surface area contributed by atoms with E-state index in [1.165, 1.54) is 10.6 Å². The first-order chi connectivity index (χ1) is 7.72. The van der Waals surface area contributed by atoms with Crippen LogP contribution in [0.2, 0.25) is 0 Å². The van der Waals surface area contributed by atoms with E-state index in [-0.39, 0.29) is 0 Å². The summed E-state index contributed by atoms with van der Waals surface area (Å²) >= 11 is 1.71. The summed E-state index contributed by atoms with van der Waals surface area (Å²) in [4.78, 5) is 9.29. The first-order valence-corrected chi connectivity index (χ1v) is 6.37. The summed E-state index contributed by atoms with van der Waals surface area (Å²) in [6.45, 7) is 5.19. The molecule has 2 heterocycles. The summed E-state index contributed by atoms with van der Waals surface area (Å²) in [6, 6.07) is 4.14. The molecule has 0 saturated heterocycles. The van der Waals surface area contributed by atoms with Crippen LogP contribution in [0.5, 0.6) is 0 Å². The number of hydrogen-bond donors (Lipinski definition) is 2. The minimum atomic E-state index is 0.452. The number of hydrogen-bond acceptors (Lipinski definition) is 3. The summed E-state index contributed by atoms with van der Waals surface area (Å²) in [5.74, 6) is 1.44. The van der Waals surface area contributed by atoms with Crippen molar-refractivity contribution < 1.29 is 0 Å². The maximum atomic E-state index is 4.69. The van der Waals surface area contributed by atoms with Gasteiger partial charge in [-0.1, -0.05) is 19.9 Å². The van der Waals surface area contributed by atoms with Crippen molar-refractivity contribution in [3.63, 3.8) is 0 Å². The van der Waals surface area contributed by atoms with Gasteiger partial charge in [-0.3, -0.25) is 0 Å². The zero-order chi connectivity index (χ0) is 11.5. The van der Waals surface area contributed by atoms with Crippen LogP contribution in [0.3, 0.4) is 0 Å². The number of H-pyrrole nitrogens is 1. The first kappa shape index (κ1) is 11.4. The molecule has 0 aliphatic heterocycles. The maximum Gasteiger partial charge on any atom is 0.147 e. The van der Waals surface area contributed by atoms with Crippen LogP contribution >= 0.6 is 11.3 Å². The highest BCUT2D eigenvalue weighted by atomic mass is 32.1. The van der Waals surface area contributed by atoms with E-state index in [9.17, 15) is 0 Å². The van der Waals surface area contributed by atoms with Crippen LogP contribution in [0.25, 0.3) is 10.7 Å². The molecule has 86 valence electrons. The van der Waals surface area contributed by atoms with Crippen LogP contribution in [0.15, 0.2) is 17.5 Å². The Morgan fingerprint density at radius 2 is 2.31 bits per heavy atom. The van der Waals surface area contributed by atoms with Gasteiger partial charge in [0.2, 0.25) is 0 Å². The number of aromatic amines is 1. The van der Waals surface area contributed by atoms with E-state index in [1.54, 1.807) is 11.3 Å². The van der Waals surface area contributed by atoms with Gasteiger partial charge in [-0.15, -0.1) is 11.3 Å². The lowest BCUT2D eigenvalue weighted by atomic mass is 10.1. The lowest BCUT2D eigenvalue weighted by molar-refractivity contribution is 0.750. The van der Waals surface area contributed by atoms with Crippen molar-refractivity contribution in [3.05, 3.63) is 28.9 Å². The van der Waals surface area contributed by atoms with Crippen LogP contribution in [-0.4, -0.2) is 17.0 Å². The third-order valence-corrected chi connectivity index (χ3v) is 3.34. The van der Waals surface area contributed by atoms with Gasteiger partial charge in [-0.05, 0) is 24.4 Å². The molecular weight excluding hydrogens is 218 g/mol. The van der Waals surface area contributed by atoms with Crippen LogP contribution in [0, 0.1) is 0 Å². The van der Waals surface area contributed by atoms with Gasteiger partial charge in [0, 0.05) is 6.54 Å². The number of thiophene rings is 1.